The van der Waals surface area contributed by atoms with Crippen molar-refractivity contribution in [3.63, 3.8) is 0 Å². The lowest BCUT2D eigenvalue weighted by molar-refractivity contribution is -0.150. The van der Waals surface area contributed by atoms with Crippen LogP contribution in [0.4, 0.5) is 13.2 Å². The summed E-state index contributed by atoms with van der Waals surface area (Å²) in [6.07, 6.45) is -4.52. The number of esters is 1. The van der Waals surface area contributed by atoms with Crippen LogP contribution in [0.5, 0.6) is 0 Å². The number of alkyl halides is 3. The van der Waals surface area contributed by atoms with Gasteiger partial charge in [0, 0.05) is 18.4 Å². The number of halogens is 3. The lowest BCUT2D eigenvalue weighted by atomic mass is 9.79. The van der Waals surface area contributed by atoms with Gasteiger partial charge in [-0.1, -0.05) is 12.1 Å². The molecule has 1 unspecified atom stereocenters. The summed E-state index contributed by atoms with van der Waals surface area (Å²) in [6.45, 7) is 8.29. The summed E-state index contributed by atoms with van der Waals surface area (Å²) in [7, 11) is 1.63. The maximum absolute atomic E-state index is 13.0. The quantitative estimate of drug-likeness (QED) is 0.730. The summed E-state index contributed by atoms with van der Waals surface area (Å²) in [5.74, 6) is -3.02. The molecule has 1 aliphatic heterocycles. The van der Waals surface area contributed by atoms with Crippen molar-refractivity contribution in [1.29, 1.82) is 0 Å². The fraction of sp³-hybridized carbons (Fsp3) is 0.429. The number of carboxylic acids is 1. The van der Waals surface area contributed by atoms with Crippen molar-refractivity contribution in [3.05, 3.63) is 57.9 Å². The monoisotopic (exact) mass is 411 g/mol. The summed E-state index contributed by atoms with van der Waals surface area (Å²) in [6, 6.07) is 4.16. The Labute approximate surface area is 167 Å². The Kier molecular flexibility index (Phi) is 5.88. The number of hydrogen-bond donors (Lipinski definition) is 1. The van der Waals surface area contributed by atoms with Gasteiger partial charge in [0.2, 0.25) is 0 Å². The highest BCUT2D eigenvalue weighted by Gasteiger charge is 2.40. The second-order valence-corrected chi connectivity index (χ2v) is 7.92. The van der Waals surface area contributed by atoms with Gasteiger partial charge >= 0.3 is 18.1 Å². The maximum Gasteiger partial charge on any atom is 0.416 e. The molecule has 0 aromatic heterocycles. The molecule has 0 saturated carbocycles. The lowest BCUT2D eigenvalue weighted by Gasteiger charge is -2.36. The van der Waals surface area contributed by atoms with E-state index in [0.29, 0.717) is 11.4 Å². The normalized spacial score (nSPS) is 18.2. The highest BCUT2D eigenvalue weighted by molar-refractivity contribution is 5.99. The predicted molar refractivity (Wildman–Crippen MR) is 101 cm³/mol. The molecule has 1 aromatic carbocycles. The maximum atomic E-state index is 13.0. The summed E-state index contributed by atoms with van der Waals surface area (Å²) >= 11 is 0. The van der Waals surface area contributed by atoms with Crippen LogP contribution in [-0.4, -0.2) is 34.6 Å². The van der Waals surface area contributed by atoms with E-state index in [9.17, 15) is 27.9 Å². The zero-order valence-corrected chi connectivity index (χ0v) is 17.1. The van der Waals surface area contributed by atoms with Crippen LogP contribution in [0, 0.1) is 0 Å². The third-order valence-electron chi connectivity index (χ3n) is 4.78. The number of carboxylic acid groups (broad SMARTS) is 1. The van der Waals surface area contributed by atoms with Crippen LogP contribution in [0.3, 0.4) is 0 Å². The van der Waals surface area contributed by atoms with Crippen molar-refractivity contribution in [1.82, 2.24) is 4.90 Å². The Hall–Kier alpha value is -2.77. The smallest absolute Gasteiger partial charge is 0.416 e. The predicted octanol–water partition coefficient (Wildman–Crippen LogP) is 4.71. The summed E-state index contributed by atoms with van der Waals surface area (Å²) < 4.78 is 44.3. The van der Waals surface area contributed by atoms with Gasteiger partial charge in [-0.2, -0.15) is 13.2 Å². The Morgan fingerprint density at radius 1 is 1.00 bits per heavy atom. The van der Waals surface area contributed by atoms with Gasteiger partial charge in [0.15, 0.2) is 0 Å². The molecule has 1 heterocycles. The third kappa shape index (κ3) is 4.63. The number of rotatable bonds is 3. The summed E-state index contributed by atoms with van der Waals surface area (Å²) in [4.78, 5) is 26.6. The minimum Gasteiger partial charge on any atom is -0.478 e. The number of benzene rings is 1. The van der Waals surface area contributed by atoms with Crippen LogP contribution in [0.15, 0.2) is 46.8 Å². The molecule has 158 valence electrons. The Morgan fingerprint density at radius 2 is 1.48 bits per heavy atom. The molecule has 5 nitrogen and oxygen atoms in total. The van der Waals surface area contributed by atoms with Gasteiger partial charge in [0.25, 0.3) is 0 Å². The lowest BCUT2D eigenvalue weighted by Crippen LogP contribution is -2.35. The van der Waals surface area contributed by atoms with Crippen LogP contribution in [0.25, 0.3) is 0 Å². The van der Waals surface area contributed by atoms with Crippen molar-refractivity contribution < 1.29 is 32.6 Å². The van der Waals surface area contributed by atoms with E-state index in [0.717, 1.165) is 12.1 Å². The Bertz CT molecular complexity index is 890. The van der Waals surface area contributed by atoms with Gasteiger partial charge in [-0.3, -0.25) is 0 Å². The summed E-state index contributed by atoms with van der Waals surface area (Å²) in [5, 5.41) is 9.82. The molecule has 0 amide bonds. The molecule has 1 atom stereocenters. The molecular formula is C21H24F3NO4. The van der Waals surface area contributed by atoms with Gasteiger partial charge in [0.1, 0.15) is 5.60 Å². The van der Waals surface area contributed by atoms with Crippen LogP contribution < -0.4 is 0 Å². The molecule has 0 fully saturated rings. The molecule has 8 heteroatoms. The van der Waals surface area contributed by atoms with Crippen molar-refractivity contribution in [2.75, 3.05) is 7.05 Å². The van der Waals surface area contributed by atoms with E-state index in [4.69, 9.17) is 4.74 Å². The summed E-state index contributed by atoms with van der Waals surface area (Å²) in [5.41, 5.74) is -0.537. The number of carbonyl (C=O) groups is 2. The van der Waals surface area contributed by atoms with Gasteiger partial charge in [-0.25, -0.2) is 9.59 Å². The molecule has 0 radical (unpaired) electrons. The van der Waals surface area contributed by atoms with Gasteiger partial charge in [0.05, 0.1) is 22.6 Å². The van der Waals surface area contributed by atoms with E-state index < -0.39 is 35.2 Å². The average Bonchev–Trinajstić information content (AvgIpc) is 2.56. The minimum atomic E-state index is -4.52. The fourth-order valence-corrected chi connectivity index (χ4v) is 3.25. The highest BCUT2D eigenvalue weighted by Crippen LogP contribution is 2.43. The zero-order chi connectivity index (χ0) is 22.3. The first-order chi connectivity index (χ1) is 13.1. The molecular weight excluding hydrogens is 387 g/mol. The Balaban J connectivity index is 2.69. The number of allylic oxidation sites excluding steroid dienone is 2. The van der Waals surface area contributed by atoms with E-state index in [1.54, 1.807) is 46.6 Å². The van der Waals surface area contributed by atoms with E-state index in [1.165, 1.54) is 12.1 Å². The van der Waals surface area contributed by atoms with E-state index in [-0.39, 0.29) is 16.7 Å². The van der Waals surface area contributed by atoms with E-state index in [1.807, 2.05) is 0 Å². The molecule has 2 rings (SSSR count). The largest absolute Gasteiger partial charge is 0.478 e. The first-order valence-corrected chi connectivity index (χ1v) is 8.94. The molecule has 0 spiro atoms. The van der Waals surface area contributed by atoms with Gasteiger partial charge in [-0.15, -0.1) is 0 Å². The van der Waals surface area contributed by atoms with Crippen LogP contribution in [0.1, 0.15) is 51.7 Å². The molecule has 0 saturated heterocycles. The van der Waals surface area contributed by atoms with Crippen molar-refractivity contribution in [2.24, 2.45) is 0 Å². The second-order valence-electron chi connectivity index (χ2n) is 7.92. The number of aliphatic carboxylic acids is 1. The zero-order valence-electron chi connectivity index (χ0n) is 17.1. The first kappa shape index (κ1) is 22.5. The number of nitrogens with zero attached hydrogens (tertiary/aromatic N) is 1. The molecule has 0 aliphatic carbocycles. The van der Waals surface area contributed by atoms with Crippen molar-refractivity contribution >= 4 is 11.9 Å². The van der Waals surface area contributed by atoms with Crippen molar-refractivity contribution in [3.8, 4) is 0 Å². The fourth-order valence-electron chi connectivity index (χ4n) is 3.25. The van der Waals surface area contributed by atoms with Gasteiger partial charge < -0.3 is 14.7 Å². The SMILES string of the molecule is CC1=C(C(=O)O)C(c2ccc(C(F)(F)F)cc2)C(C(=O)OC(C)(C)C)=C(C)N1C. The van der Waals surface area contributed by atoms with E-state index in [2.05, 4.69) is 0 Å². The number of carbonyl (C=O) groups excluding carboxylic acids is 1. The highest BCUT2D eigenvalue weighted by atomic mass is 19.4. The Morgan fingerprint density at radius 3 is 1.90 bits per heavy atom. The van der Waals surface area contributed by atoms with Crippen molar-refractivity contribution in [2.45, 2.75) is 52.3 Å². The molecule has 1 aromatic rings. The second kappa shape index (κ2) is 7.57. The van der Waals surface area contributed by atoms with E-state index >= 15 is 0 Å². The van der Waals surface area contributed by atoms with Gasteiger partial charge in [-0.05, 0) is 52.3 Å². The number of ether oxygens (including phenoxy) is 1. The minimum absolute atomic E-state index is 0.0845. The standard InChI is InChI=1S/C21H24F3NO4/c1-11-15(18(26)27)17(13-7-9-14(10-8-13)21(22,23)24)16(12(2)25(11)6)19(28)29-20(3,4)5/h7-10,17H,1-6H3,(H,26,27). The molecule has 0 bridgehead atoms. The van der Waals surface area contributed by atoms with Crippen LogP contribution in [0.2, 0.25) is 0 Å². The molecule has 1 aliphatic rings. The number of hydrogen-bond acceptors (Lipinski definition) is 4. The first-order valence-electron chi connectivity index (χ1n) is 8.94. The molecule has 1 N–H and O–H groups in total. The van der Waals surface area contributed by atoms with Crippen LogP contribution >= 0.6 is 0 Å². The third-order valence-corrected chi connectivity index (χ3v) is 4.78. The average molecular weight is 411 g/mol. The topological polar surface area (TPSA) is 66.8 Å². The van der Waals surface area contributed by atoms with Crippen LogP contribution in [-0.2, 0) is 20.5 Å². The molecule has 29 heavy (non-hydrogen) atoms.